The summed E-state index contributed by atoms with van der Waals surface area (Å²) in [5.74, 6) is -0.310. The van der Waals surface area contributed by atoms with Gasteiger partial charge in [0.2, 0.25) is 5.88 Å². The quantitative estimate of drug-likeness (QED) is 0.661. The van der Waals surface area contributed by atoms with Gasteiger partial charge in [0, 0.05) is 19.4 Å². The van der Waals surface area contributed by atoms with Crippen molar-refractivity contribution in [1.29, 1.82) is 0 Å². The van der Waals surface area contributed by atoms with E-state index < -0.39 is 11.1 Å². The van der Waals surface area contributed by atoms with Crippen LogP contribution in [0.4, 0.5) is 4.39 Å². The van der Waals surface area contributed by atoms with Crippen molar-refractivity contribution < 1.29 is 13.9 Å². The highest BCUT2D eigenvalue weighted by Crippen LogP contribution is 2.24. The molecule has 1 aromatic rings. The minimum Gasteiger partial charge on any atom is -0.481 e. The highest BCUT2D eigenvalue weighted by atomic mass is 35.5. The lowest BCUT2D eigenvalue weighted by molar-refractivity contribution is 0.0519. The fourth-order valence-corrected chi connectivity index (χ4v) is 1.45. The van der Waals surface area contributed by atoms with Crippen LogP contribution in [0.15, 0.2) is 29.4 Å². The van der Waals surface area contributed by atoms with Crippen LogP contribution >= 0.6 is 11.6 Å². The summed E-state index contributed by atoms with van der Waals surface area (Å²) < 4.78 is 23.5. The summed E-state index contributed by atoms with van der Waals surface area (Å²) >= 11 is 5.94. The van der Waals surface area contributed by atoms with Crippen molar-refractivity contribution in [3.63, 3.8) is 0 Å². The smallest absolute Gasteiger partial charge is 0.320 e. The summed E-state index contributed by atoms with van der Waals surface area (Å²) in [6.07, 6.45) is 2.31. The first-order chi connectivity index (χ1) is 8.58. The SMILES string of the molecule is COc1cc(C2=NC(Cl)(OC)NC=C2F)ncn1. The second kappa shape index (κ2) is 4.87. The van der Waals surface area contributed by atoms with Crippen molar-refractivity contribution in [3.8, 4) is 5.88 Å². The van der Waals surface area contributed by atoms with E-state index in [1.807, 2.05) is 0 Å². The molecule has 1 aromatic heterocycles. The molecule has 2 rings (SSSR count). The number of allylic oxidation sites excluding steroid dienone is 1. The Morgan fingerprint density at radius 2 is 2.17 bits per heavy atom. The van der Waals surface area contributed by atoms with E-state index in [0.29, 0.717) is 5.88 Å². The number of nitrogens with zero attached hydrogens (tertiary/aromatic N) is 3. The molecule has 6 nitrogen and oxygen atoms in total. The van der Waals surface area contributed by atoms with Gasteiger partial charge in [-0.05, 0) is 11.6 Å². The number of aliphatic imine (C=N–C) groups is 1. The first-order valence-corrected chi connectivity index (χ1v) is 5.30. The van der Waals surface area contributed by atoms with Gasteiger partial charge in [0.1, 0.15) is 12.0 Å². The predicted molar refractivity (Wildman–Crippen MR) is 63.0 cm³/mol. The number of methoxy groups -OCH3 is 2. The van der Waals surface area contributed by atoms with Gasteiger partial charge in [0.25, 0.3) is 0 Å². The van der Waals surface area contributed by atoms with Gasteiger partial charge in [-0.25, -0.2) is 19.4 Å². The molecule has 0 radical (unpaired) electrons. The summed E-state index contributed by atoms with van der Waals surface area (Å²) in [7, 11) is 2.79. The third-order valence-electron chi connectivity index (χ3n) is 2.22. The molecular weight excluding hydrogens is 263 g/mol. The topological polar surface area (TPSA) is 68.6 Å². The van der Waals surface area contributed by atoms with Crippen molar-refractivity contribution in [3.05, 3.63) is 30.1 Å². The van der Waals surface area contributed by atoms with Crippen molar-refractivity contribution in [2.45, 2.75) is 5.31 Å². The number of rotatable bonds is 3. The maximum Gasteiger partial charge on any atom is 0.320 e. The largest absolute Gasteiger partial charge is 0.481 e. The molecule has 1 unspecified atom stereocenters. The van der Waals surface area contributed by atoms with E-state index in [4.69, 9.17) is 21.1 Å². The molecule has 1 N–H and O–H groups in total. The van der Waals surface area contributed by atoms with Gasteiger partial charge < -0.3 is 14.8 Å². The third kappa shape index (κ3) is 2.41. The van der Waals surface area contributed by atoms with Gasteiger partial charge in [0.05, 0.1) is 12.8 Å². The first kappa shape index (κ1) is 12.7. The second-order valence-corrected chi connectivity index (χ2v) is 3.82. The molecule has 0 saturated carbocycles. The Kier molecular flexibility index (Phi) is 3.44. The zero-order valence-electron chi connectivity index (χ0n) is 9.65. The van der Waals surface area contributed by atoms with E-state index >= 15 is 0 Å². The second-order valence-electron chi connectivity index (χ2n) is 3.31. The molecule has 1 atom stereocenters. The molecule has 0 aromatic carbocycles. The van der Waals surface area contributed by atoms with Crippen LogP contribution in [-0.2, 0) is 4.74 Å². The minimum atomic E-state index is -1.54. The van der Waals surface area contributed by atoms with E-state index in [9.17, 15) is 4.39 Å². The van der Waals surface area contributed by atoms with Crippen LogP contribution in [0.5, 0.6) is 5.88 Å². The predicted octanol–water partition coefficient (Wildman–Crippen LogP) is 1.18. The highest BCUT2D eigenvalue weighted by molar-refractivity contribution is 6.24. The van der Waals surface area contributed by atoms with Gasteiger partial charge in [-0.3, -0.25) is 0 Å². The summed E-state index contributed by atoms with van der Waals surface area (Å²) in [4.78, 5) is 11.7. The molecule has 1 aliphatic heterocycles. The number of halogens is 2. The number of ether oxygens (including phenoxy) is 2. The Hall–Kier alpha value is -1.73. The molecule has 0 aliphatic carbocycles. The molecule has 0 spiro atoms. The molecule has 0 amide bonds. The first-order valence-electron chi connectivity index (χ1n) is 4.92. The molecule has 0 fully saturated rings. The van der Waals surface area contributed by atoms with Crippen LogP contribution in [0.1, 0.15) is 5.69 Å². The maximum absolute atomic E-state index is 13.7. The van der Waals surface area contributed by atoms with Crippen molar-refractivity contribution in [2.75, 3.05) is 14.2 Å². The standard InChI is InChI=1S/C10H10ClFN4O2/c1-17-8-3-7(13-5-14-8)9-6(12)4-15-10(11,16-9)18-2/h3-5,15H,1-2H3. The van der Waals surface area contributed by atoms with E-state index in [1.165, 1.54) is 26.6 Å². The van der Waals surface area contributed by atoms with Gasteiger partial charge in [-0.15, -0.1) is 0 Å². The molecule has 8 heteroatoms. The van der Waals surface area contributed by atoms with E-state index in [-0.39, 0.29) is 11.4 Å². The average molecular weight is 273 g/mol. The van der Waals surface area contributed by atoms with Crippen LogP contribution in [0.2, 0.25) is 0 Å². The Balaban J connectivity index is 2.43. The Labute approximate surface area is 108 Å². The van der Waals surface area contributed by atoms with E-state index in [1.54, 1.807) is 0 Å². The zero-order valence-corrected chi connectivity index (χ0v) is 10.4. The molecule has 0 bridgehead atoms. The zero-order chi connectivity index (χ0) is 13.2. The van der Waals surface area contributed by atoms with E-state index in [0.717, 1.165) is 6.20 Å². The average Bonchev–Trinajstić information content (AvgIpc) is 2.42. The monoisotopic (exact) mass is 272 g/mol. The molecule has 96 valence electrons. The third-order valence-corrected chi connectivity index (χ3v) is 2.57. The minimum absolute atomic E-state index is 0.0358. The van der Waals surface area contributed by atoms with Crippen molar-refractivity contribution >= 4 is 17.3 Å². The molecule has 18 heavy (non-hydrogen) atoms. The van der Waals surface area contributed by atoms with Crippen LogP contribution in [-0.4, -0.2) is 35.2 Å². The van der Waals surface area contributed by atoms with E-state index in [2.05, 4.69) is 20.3 Å². The number of nitrogens with one attached hydrogen (secondary N) is 1. The van der Waals surface area contributed by atoms with Gasteiger partial charge >= 0.3 is 5.31 Å². The summed E-state index contributed by atoms with van der Waals surface area (Å²) in [6.45, 7) is 0. The summed E-state index contributed by atoms with van der Waals surface area (Å²) in [6, 6.07) is 1.45. The molecule has 1 aliphatic rings. The number of hydrogen-bond acceptors (Lipinski definition) is 6. The lowest BCUT2D eigenvalue weighted by atomic mass is 10.2. The Bertz CT molecular complexity index is 522. The normalized spacial score (nSPS) is 22.9. The summed E-state index contributed by atoms with van der Waals surface area (Å²) in [5, 5.41) is 0.929. The molecule has 2 heterocycles. The maximum atomic E-state index is 13.7. The fraction of sp³-hybridized carbons (Fsp3) is 0.300. The molecular formula is C10H10ClFN4O2. The van der Waals surface area contributed by atoms with Crippen molar-refractivity contribution in [2.24, 2.45) is 4.99 Å². The van der Waals surface area contributed by atoms with Gasteiger partial charge in [0.15, 0.2) is 5.83 Å². The lowest BCUT2D eigenvalue weighted by Gasteiger charge is -2.25. The van der Waals surface area contributed by atoms with Crippen LogP contribution in [0.25, 0.3) is 0 Å². The number of hydrogen-bond donors (Lipinski definition) is 1. The van der Waals surface area contributed by atoms with Gasteiger partial charge in [-0.2, -0.15) is 0 Å². The Morgan fingerprint density at radius 1 is 1.39 bits per heavy atom. The van der Waals surface area contributed by atoms with Crippen LogP contribution in [0.3, 0.4) is 0 Å². The van der Waals surface area contributed by atoms with Crippen molar-refractivity contribution in [1.82, 2.24) is 15.3 Å². The van der Waals surface area contributed by atoms with Gasteiger partial charge in [-0.1, -0.05) is 0 Å². The lowest BCUT2D eigenvalue weighted by Crippen LogP contribution is -2.40. The van der Waals surface area contributed by atoms with Crippen LogP contribution < -0.4 is 10.1 Å². The van der Waals surface area contributed by atoms with Crippen LogP contribution in [0, 0.1) is 0 Å². The molecule has 0 saturated heterocycles. The Morgan fingerprint density at radius 3 is 2.83 bits per heavy atom. The summed E-state index contributed by atoms with van der Waals surface area (Å²) in [5.41, 5.74) is 0.213. The number of aromatic nitrogens is 2. The highest BCUT2D eigenvalue weighted by Gasteiger charge is 2.31. The fourth-order valence-electron chi connectivity index (χ4n) is 1.32. The number of alkyl halides is 1.